The summed E-state index contributed by atoms with van der Waals surface area (Å²) >= 11 is 0. The summed E-state index contributed by atoms with van der Waals surface area (Å²) in [6.07, 6.45) is 26.1. The minimum absolute atomic E-state index is 0. The van der Waals surface area contributed by atoms with E-state index < -0.39 is 0 Å². The predicted molar refractivity (Wildman–Crippen MR) is 148 cm³/mol. The average Bonchev–Trinajstić information content (AvgIpc) is 2.82. The smallest absolute Gasteiger partial charge is 0.132 e. The Kier molecular flexibility index (Phi) is 21.6. The Morgan fingerprint density at radius 2 is 0.818 bits per heavy atom. The van der Waals surface area contributed by atoms with Gasteiger partial charge in [-0.2, -0.15) is 0 Å². The molecule has 1 nitrogen and oxygen atoms in total. The van der Waals surface area contributed by atoms with Crippen molar-refractivity contribution in [1.82, 2.24) is 4.48 Å². The molecule has 0 saturated heterocycles. The van der Waals surface area contributed by atoms with E-state index in [1.165, 1.54) is 146 Å². The molecular weight excluding hydrogens is 422 g/mol. The van der Waals surface area contributed by atoms with Gasteiger partial charge in [-0.3, -0.25) is 4.48 Å². The van der Waals surface area contributed by atoms with Gasteiger partial charge in [0.25, 0.3) is 0 Å². The Bertz CT molecular complexity index is 520. The molecule has 0 aliphatic carbocycles. The second-order valence-electron chi connectivity index (χ2n) is 10.3. The number of benzene rings is 1. The van der Waals surface area contributed by atoms with Crippen molar-refractivity contribution in [2.24, 2.45) is 0 Å². The lowest BCUT2D eigenvalue weighted by Gasteiger charge is -2.36. The van der Waals surface area contributed by atoms with E-state index in [1.54, 1.807) is 0 Å². The zero-order valence-corrected chi connectivity index (χ0v) is 23.7. The highest BCUT2D eigenvalue weighted by Gasteiger charge is 2.25. The van der Waals surface area contributed by atoms with Gasteiger partial charge in [0.15, 0.2) is 0 Å². The molecule has 0 unspecified atom stereocenters. The summed E-state index contributed by atoms with van der Waals surface area (Å²) < 4.78 is 1.15. The van der Waals surface area contributed by atoms with Crippen LogP contribution in [0.15, 0.2) is 24.3 Å². The Hall–Kier alpha value is -0.530. The van der Waals surface area contributed by atoms with Gasteiger partial charge >= 0.3 is 0 Å². The summed E-state index contributed by atoms with van der Waals surface area (Å²) in [7, 11) is 0. The highest BCUT2D eigenvalue weighted by atomic mass is 35.5. The molecule has 0 fully saturated rings. The fourth-order valence-corrected chi connectivity index (χ4v) is 5.21. The van der Waals surface area contributed by atoms with E-state index >= 15 is 0 Å². The molecule has 0 amide bonds. The third-order valence-electron chi connectivity index (χ3n) is 7.73. The summed E-state index contributed by atoms with van der Waals surface area (Å²) in [5.74, 6) is 0. The van der Waals surface area contributed by atoms with Crippen LogP contribution in [0.25, 0.3) is 0 Å². The third kappa shape index (κ3) is 15.2. The number of nitrogens with zero attached hydrogens (tertiary/aromatic N) is 1. The van der Waals surface area contributed by atoms with Gasteiger partial charge in [-0.1, -0.05) is 127 Å². The Morgan fingerprint density at radius 3 is 1.15 bits per heavy atom. The molecule has 0 radical (unpaired) electrons. The molecule has 1 aromatic rings. The first-order chi connectivity index (χ1) is 15.7. The summed E-state index contributed by atoms with van der Waals surface area (Å²) in [6.45, 7) is 12.9. The van der Waals surface area contributed by atoms with Crippen LogP contribution < -0.4 is 16.9 Å². The quantitative estimate of drug-likeness (QED) is 0.120. The monoisotopic (exact) mass is 479 g/mol. The van der Waals surface area contributed by atoms with Crippen LogP contribution in [0.2, 0.25) is 0 Å². The fraction of sp³-hybridized carbons (Fsp3) is 0.806. The van der Waals surface area contributed by atoms with Crippen molar-refractivity contribution in [3.8, 4) is 0 Å². The molecule has 0 N–H and O–H groups in total. The SMILES string of the molecule is CCCCCCCCCCCCCCCCCCCC[N+](CC)(CC)c1ccc(C)cc1.[Cl-]. The lowest BCUT2D eigenvalue weighted by molar-refractivity contribution is -0.00000711. The molecule has 1 aromatic carbocycles. The fourth-order valence-electron chi connectivity index (χ4n) is 5.21. The van der Waals surface area contributed by atoms with E-state index in [2.05, 4.69) is 52.0 Å². The lowest BCUT2D eigenvalue weighted by Crippen LogP contribution is -3.00. The first-order valence-corrected chi connectivity index (χ1v) is 14.6. The number of hydrogen-bond acceptors (Lipinski definition) is 0. The molecule has 0 aliphatic rings. The number of aryl methyl sites for hydroxylation is 1. The molecule has 0 aromatic heterocycles. The molecule has 0 bridgehead atoms. The first kappa shape index (κ1) is 32.5. The normalized spacial score (nSPS) is 11.5. The van der Waals surface area contributed by atoms with Crippen LogP contribution in [0.5, 0.6) is 0 Å². The maximum Gasteiger partial charge on any atom is 0.132 e. The second-order valence-corrected chi connectivity index (χ2v) is 10.3. The second kappa shape index (κ2) is 22.0. The van der Waals surface area contributed by atoms with Crippen LogP contribution in [0.1, 0.15) is 142 Å². The van der Waals surface area contributed by atoms with E-state index in [0.717, 1.165) is 4.48 Å². The summed E-state index contributed by atoms with van der Waals surface area (Å²) in [5.41, 5.74) is 2.87. The summed E-state index contributed by atoms with van der Waals surface area (Å²) in [4.78, 5) is 0. The van der Waals surface area contributed by atoms with E-state index in [-0.39, 0.29) is 12.4 Å². The maximum absolute atomic E-state index is 2.36. The van der Waals surface area contributed by atoms with Gasteiger partial charge in [0.1, 0.15) is 5.69 Å². The van der Waals surface area contributed by atoms with Gasteiger partial charge in [-0.25, -0.2) is 0 Å². The molecule has 0 heterocycles. The zero-order valence-electron chi connectivity index (χ0n) is 23.0. The largest absolute Gasteiger partial charge is 1.00 e. The minimum atomic E-state index is 0. The van der Waals surface area contributed by atoms with Crippen molar-refractivity contribution in [2.75, 3.05) is 19.6 Å². The van der Waals surface area contributed by atoms with Gasteiger partial charge in [-0.15, -0.1) is 0 Å². The van der Waals surface area contributed by atoms with Gasteiger partial charge in [-0.05, 0) is 45.7 Å². The van der Waals surface area contributed by atoms with Crippen molar-refractivity contribution in [3.05, 3.63) is 29.8 Å². The van der Waals surface area contributed by atoms with Crippen molar-refractivity contribution in [1.29, 1.82) is 0 Å². The van der Waals surface area contributed by atoms with Crippen molar-refractivity contribution in [3.63, 3.8) is 0 Å². The van der Waals surface area contributed by atoms with E-state index in [9.17, 15) is 0 Å². The summed E-state index contributed by atoms with van der Waals surface area (Å²) in [5, 5.41) is 0. The van der Waals surface area contributed by atoms with E-state index in [4.69, 9.17) is 0 Å². The van der Waals surface area contributed by atoms with Crippen LogP contribution in [-0.4, -0.2) is 19.6 Å². The molecule has 0 aliphatic heterocycles. The zero-order chi connectivity index (χ0) is 23.3. The number of quaternary nitrogens is 1. The number of rotatable bonds is 22. The molecule has 2 heteroatoms. The van der Waals surface area contributed by atoms with Crippen LogP contribution in [0.4, 0.5) is 5.69 Å². The first-order valence-electron chi connectivity index (χ1n) is 14.6. The van der Waals surface area contributed by atoms with Gasteiger partial charge in [0.05, 0.1) is 19.6 Å². The highest BCUT2D eigenvalue weighted by molar-refractivity contribution is 5.44. The third-order valence-corrected chi connectivity index (χ3v) is 7.73. The highest BCUT2D eigenvalue weighted by Crippen LogP contribution is 2.25. The minimum Gasteiger partial charge on any atom is -1.00 e. The molecular formula is C31H58ClN. The van der Waals surface area contributed by atoms with Crippen molar-refractivity contribution >= 4 is 5.69 Å². The number of hydrogen-bond donors (Lipinski definition) is 0. The number of unbranched alkanes of at least 4 members (excludes halogenated alkanes) is 17. The molecule has 0 atom stereocenters. The van der Waals surface area contributed by atoms with Gasteiger partial charge in [0.2, 0.25) is 0 Å². The van der Waals surface area contributed by atoms with Crippen LogP contribution in [-0.2, 0) is 0 Å². The van der Waals surface area contributed by atoms with Crippen LogP contribution in [0.3, 0.4) is 0 Å². The Balaban J connectivity index is 0.0000102. The molecule has 0 saturated carbocycles. The molecule has 194 valence electrons. The topological polar surface area (TPSA) is 0 Å². The van der Waals surface area contributed by atoms with Gasteiger partial charge < -0.3 is 12.4 Å². The van der Waals surface area contributed by atoms with E-state index in [0.29, 0.717) is 0 Å². The lowest BCUT2D eigenvalue weighted by atomic mass is 10.0. The molecule has 0 spiro atoms. The van der Waals surface area contributed by atoms with Crippen molar-refractivity contribution in [2.45, 2.75) is 143 Å². The van der Waals surface area contributed by atoms with Gasteiger partial charge in [0, 0.05) is 0 Å². The maximum atomic E-state index is 2.36. The Labute approximate surface area is 215 Å². The summed E-state index contributed by atoms with van der Waals surface area (Å²) in [6, 6.07) is 9.28. The Morgan fingerprint density at radius 1 is 0.485 bits per heavy atom. The van der Waals surface area contributed by atoms with Crippen LogP contribution >= 0.6 is 0 Å². The standard InChI is InChI=1S/C31H58N.ClH/c1-5-8-9-10-11-12-13-14-15-16-17-18-19-20-21-22-23-24-29-32(6-2,7-3)31-27-25-30(4)26-28-31;/h25-28H,5-24,29H2,1-4H3;1H/q+1;/p-1. The molecule has 1 rings (SSSR count). The average molecular weight is 480 g/mol. The van der Waals surface area contributed by atoms with Crippen LogP contribution in [0, 0.1) is 6.92 Å². The number of halogens is 1. The predicted octanol–water partition coefficient (Wildman–Crippen LogP) is 7.39. The van der Waals surface area contributed by atoms with E-state index in [1.807, 2.05) is 0 Å². The molecule has 33 heavy (non-hydrogen) atoms. The van der Waals surface area contributed by atoms with Crippen molar-refractivity contribution < 1.29 is 12.4 Å².